The SMILES string of the molecule is CCC(C)NC(=O)c1cc(C(=O)Nc2ccc(F)cc2F)ccn1. The number of pyridine rings is 1. The highest BCUT2D eigenvalue weighted by molar-refractivity contribution is 6.05. The van der Waals surface area contributed by atoms with Gasteiger partial charge in [0.1, 0.15) is 17.3 Å². The average molecular weight is 333 g/mol. The van der Waals surface area contributed by atoms with Crippen LogP contribution in [0.3, 0.4) is 0 Å². The van der Waals surface area contributed by atoms with E-state index in [0.29, 0.717) is 6.07 Å². The number of nitrogens with zero attached hydrogens (tertiary/aromatic N) is 1. The smallest absolute Gasteiger partial charge is 0.270 e. The Morgan fingerprint density at radius 2 is 1.92 bits per heavy atom. The minimum absolute atomic E-state index is 0.0231. The van der Waals surface area contributed by atoms with Gasteiger partial charge in [-0.2, -0.15) is 0 Å². The monoisotopic (exact) mass is 333 g/mol. The van der Waals surface area contributed by atoms with Crippen LogP contribution >= 0.6 is 0 Å². The molecule has 0 aliphatic rings. The number of hydrogen-bond donors (Lipinski definition) is 2. The van der Waals surface area contributed by atoms with Gasteiger partial charge in [-0.3, -0.25) is 14.6 Å². The normalized spacial score (nSPS) is 11.7. The van der Waals surface area contributed by atoms with Crippen molar-refractivity contribution in [1.82, 2.24) is 10.3 Å². The summed E-state index contributed by atoms with van der Waals surface area (Å²) in [6, 6.07) is 5.53. The predicted octanol–water partition coefficient (Wildman–Crippen LogP) is 3.14. The molecule has 2 aromatic rings. The van der Waals surface area contributed by atoms with Gasteiger partial charge in [0.05, 0.1) is 5.69 Å². The summed E-state index contributed by atoms with van der Waals surface area (Å²) >= 11 is 0. The van der Waals surface area contributed by atoms with Crippen molar-refractivity contribution in [3.63, 3.8) is 0 Å². The standard InChI is InChI=1S/C17H17F2N3O2/c1-3-10(2)21-17(24)15-8-11(6-7-20-15)16(23)22-14-5-4-12(18)9-13(14)19/h4-10H,3H2,1-2H3,(H,21,24)(H,22,23). The van der Waals surface area contributed by atoms with E-state index in [0.717, 1.165) is 18.6 Å². The van der Waals surface area contributed by atoms with Gasteiger partial charge < -0.3 is 10.6 Å². The molecule has 0 saturated heterocycles. The fourth-order valence-electron chi connectivity index (χ4n) is 1.88. The van der Waals surface area contributed by atoms with Crippen LogP contribution in [0.5, 0.6) is 0 Å². The van der Waals surface area contributed by atoms with E-state index in [1.807, 2.05) is 13.8 Å². The molecule has 0 bridgehead atoms. The van der Waals surface area contributed by atoms with Crippen molar-refractivity contribution in [3.05, 3.63) is 59.4 Å². The highest BCUT2D eigenvalue weighted by Crippen LogP contribution is 2.16. The zero-order valence-electron chi connectivity index (χ0n) is 13.3. The summed E-state index contributed by atoms with van der Waals surface area (Å²) in [5.41, 5.74) is 0.0781. The van der Waals surface area contributed by atoms with Crippen LogP contribution in [-0.2, 0) is 0 Å². The van der Waals surface area contributed by atoms with Crippen molar-refractivity contribution in [2.24, 2.45) is 0 Å². The van der Waals surface area contributed by atoms with Crippen LogP contribution in [0.4, 0.5) is 14.5 Å². The molecule has 5 nitrogen and oxygen atoms in total. The molecule has 0 aliphatic carbocycles. The first-order chi connectivity index (χ1) is 11.4. The summed E-state index contributed by atoms with van der Waals surface area (Å²) in [6.45, 7) is 3.78. The van der Waals surface area contributed by atoms with Gasteiger partial charge in [-0.25, -0.2) is 8.78 Å². The summed E-state index contributed by atoms with van der Waals surface area (Å²) in [4.78, 5) is 28.1. The molecule has 7 heteroatoms. The van der Waals surface area contributed by atoms with E-state index in [4.69, 9.17) is 0 Å². The van der Waals surface area contributed by atoms with Gasteiger partial charge in [0.15, 0.2) is 0 Å². The maximum atomic E-state index is 13.6. The first-order valence-corrected chi connectivity index (χ1v) is 7.44. The van der Waals surface area contributed by atoms with Crippen molar-refractivity contribution in [2.45, 2.75) is 26.3 Å². The molecule has 1 aromatic carbocycles. The van der Waals surface area contributed by atoms with Crippen LogP contribution in [0.2, 0.25) is 0 Å². The average Bonchev–Trinajstić information content (AvgIpc) is 2.57. The second-order valence-corrected chi connectivity index (χ2v) is 5.29. The first-order valence-electron chi connectivity index (χ1n) is 7.44. The first kappa shape index (κ1) is 17.5. The Hall–Kier alpha value is -2.83. The number of anilines is 1. The highest BCUT2D eigenvalue weighted by Gasteiger charge is 2.14. The number of benzene rings is 1. The van der Waals surface area contributed by atoms with Crippen molar-refractivity contribution < 1.29 is 18.4 Å². The minimum Gasteiger partial charge on any atom is -0.348 e. The molecule has 2 amide bonds. The van der Waals surface area contributed by atoms with E-state index in [-0.39, 0.29) is 23.0 Å². The lowest BCUT2D eigenvalue weighted by Crippen LogP contribution is -2.32. The van der Waals surface area contributed by atoms with E-state index >= 15 is 0 Å². The molecule has 0 radical (unpaired) electrons. The van der Waals surface area contributed by atoms with Crippen LogP contribution in [0.1, 0.15) is 41.1 Å². The van der Waals surface area contributed by atoms with Crippen LogP contribution in [-0.4, -0.2) is 22.8 Å². The Balaban J connectivity index is 2.15. The molecule has 0 aliphatic heterocycles. The van der Waals surface area contributed by atoms with Gasteiger partial charge in [0.2, 0.25) is 0 Å². The number of hydrogen-bond acceptors (Lipinski definition) is 3. The molecule has 1 aromatic heterocycles. The number of rotatable bonds is 5. The van der Waals surface area contributed by atoms with E-state index < -0.39 is 23.4 Å². The quantitative estimate of drug-likeness (QED) is 0.883. The van der Waals surface area contributed by atoms with Crippen molar-refractivity contribution in [2.75, 3.05) is 5.32 Å². The Kier molecular flexibility index (Phi) is 5.57. The lowest BCUT2D eigenvalue weighted by Gasteiger charge is -2.11. The summed E-state index contributed by atoms with van der Waals surface area (Å²) in [5, 5.41) is 5.07. The fourth-order valence-corrected chi connectivity index (χ4v) is 1.88. The zero-order valence-corrected chi connectivity index (χ0v) is 13.3. The molecule has 0 spiro atoms. The summed E-state index contributed by atoms with van der Waals surface area (Å²) < 4.78 is 26.5. The Bertz CT molecular complexity index is 765. The third kappa shape index (κ3) is 4.34. The molecular formula is C17H17F2N3O2. The second-order valence-electron chi connectivity index (χ2n) is 5.29. The van der Waals surface area contributed by atoms with Gasteiger partial charge in [0, 0.05) is 23.9 Å². The molecule has 0 fully saturated rings. The molecule has 0 saturated carbocycles. The summed E-state index contributed by atoms with van der Waals surface area (Å²) in [7, 11) is 0. The van der Waals surface area contributed by atoms with E-state index in [9.17, 15) is 18.4 Å². The maximum absolute atomic E-state index is 13.6. The fraction of sp³-hybridized carbons (Fsp3) is 0.235. The predicted molar refractivity (Wildman–Crippen MR) is 85.8 cm³/mol. The molecule has 2 rings (SSSR count). The summed E-state index contributed by atoms with van der Waals surface area (Å²) in [5.74, 6) is -2.64. The molecule has 126 valence electrons. The Labute approximate surface area is 138 Å². The van der Waals surface area contributed by atoms with Crippen LogP contribution in [0.15, 0.2) is 36.5 Å². The minimum atomic E-state index is -0.882. The lowest BCUT2D eigenvalue weighted by molar-refractivity contribution is 0.0934. The van der Waals surface area contributed by atoms with Crippen LogP contribution in [0, 0.1) is 11.6 Å². The lowest BCUT2D eigenvalue weighted by atomic mass is 10.2. The molecule has 1 atom stereocenters. The number of nitrogens with one attached hydrogen (secondary N) is 2. The van der Waals surface area contributed by atoms with E-state index in [1.54, 1.807) is 0 Å². The van der Waals surface area contributed by atoms with Gasteiger partial charge in [0.25, 0.3) is 11.8 Å². The molecular weight excluding hydrogens is 316 g/mol. The zero-order chi connectivity index (χ0) is 17.7. The van der Waals surface area contributed by atoms with Gasteiger partial charge in [-0.1, -0.05) is 6.92 Å². The van der Waals surface area contributed by atoms with E-state index in [2.05, 4.69) is 15.6 Å². The third-order valence-corrected chi connectivity index (χ3v) is 3.42. The van der Waals surface area contributed by atoms with Crippen LogP contribution < -0.4 is 10.6 Å². The molecule has 1 unspecified atom stereocenters. The number of halogens is 2. The molecule has 24 heavy (non-hydrogen) atoms. The number of carbonyl (C=O) groups excluding carboxylic acids is 2. The van der Waals surface area contributed by atoms with Crippen molar-refractivity contribution >= 4 is 17.5 Å². The maximum Gasteiger partial charge on any atom is 0.270 e. The number of aromatic nitrogens is 1. The molecule has 1 heterocycles. The number of amides is 2. The Morgan fingerprint density at radius 1 is 1.17 bits per heavy atom. The van der Waals surface area contributed by atoms with Gasteiger partial charge >= 0.3 is 0 Å². The molecule has 2 N–H and O–H groups in total. The van der Waals surface area contributed by atoms with Crippen LogP contribution in [0.25, 0.3) is 0 Å². The third-order valence-electron chi connectivity index (χ3n) is 3.42. The topological polar surface area (TPSA) is 71.1 Å². The number of carbonyl (C=O) groups is 2. The van der Waals surface area contributed by atoms with Crippen molar-refractivity contribution in [3.8, 4) is 0 Å². The second kappa shape index (κ2) is 7.63. The van der Waals surface area contributed by atoms with Gasteiger partial charge in [-0.15, -0.1) is 0 Å². The van der Waals surface area contributed by atoms with E-state index in [1.165, 1.54) is 18.3 Å². The van der Waals surface area contributed by atoms with Gasteiger partial charge in [-0.05, 0) is 37.6 Å². The Morgan fingerprint density at radius 3 is 2.58 bits per heavy atom. The van der Waals surface area contributed by atoms with Crippen molar-refractivity contribution in [1.29, 1.82) is 0 Å². The largest absolute Gasteiger partial charge is 0.348 e. The summed E-state index contributed by atoms with van der Waals surface area (Å²) in [6.07, 6.45) is 2.08. The highest BCUT2D eigenvalue weighted by atomic mass is 19.1.